The van der Waals surface area contributed by atoms with Crippen molar-refractivity contribution in [3.63, 3.8) is 0 Å². The minimum absolute atomic E-state index is 0.609. The number of aliphatic imine (C=N–C) groups is 1. The SMILES string of the molecule is Cc1cccc(NC2=NC[C@H](C)S2)c1C. The van der Waals surface area contributed by atoms with Crippen molar-refractivity contribution >= 4 is 22.6 Å². The Morgan fingerprint density at radius 1 is 1.40 bits per heavy atom. The van der Waals surface area contributed by atoms with E-state index in [4.69, 9.17) is 0 Å². The Kier molecular flexibility index (Phi) is 3.00. The number of aryl methyl sites for hydroxylation is 1. The minimum atomic E-state index is 0.609. The van der Waals surface area contributed by atoms with Gasteiger partial charge in [0.1, 0.15) is 0 Å². The topological polar surface area (TPSA) is 24.4 Å². The minimum Gasteiger partial charge on any atom is -0.335 e. The van der Waals surface area contributed by atoms with Crippen LogP contribution in [-0.4, -0.2) is 17.0 Å². The first-order valence-corrected chi connectivity index (χ1v) is 6.09. The lowest BCUT2D eigenvalue weighted by atomic mass is 10.1. The third kappa shape index (κ3) is 2.34. The Balaban J connectivity index is 2.15. The molecular weight excluding hydrogens is 204 g/mol. The van der Waals surface area contributed by atoms with Gasteiger partial charge in [-0.05, 0) is 31.0 Å². The normalized spacial score (nSPS) is 20.2. The molecule has 1 N–H and O–H groups in total. The van der Waals surface area contributed by atoms with Crippen molar-refractivity contribution in [2.45, 2.75) is 26.0 Å². The molecule has 3 heteroatoms. The average molecular weight is 220 g/mol. The van der Waals surface area contributed by atoms with Gasteiger partial charge >= 0.3 is 0 Å². The van der Waals surface area contributed by atoms with E-state index in [1.807, 2.05) is 11.8 Å². The molecule has 0 bridgehead atoms. The van der Waals surface area contributed by atoms with Crippen LogP contribution in [-0.2, 0) is 0 Å². The number of nitrogens with zero attached hydrogens (tertiary/aromatic N) is 1. The van der Waals surface area contributed by atoms with Gasteiger partial charge in [0, 0.05) is 10.9 Å². The van der Waals surface area contributed by atoms with Gasteiger partial charge in [-0.25, -0.2) is 0 Å². The predicted octanol–water partition coefficient (Wildman–Crippen LogP) is 3.21. The van der Waals surface area contributed by atoms with Crippen molar-refractivity contribution in [1.82, 2.24) is 0 Å². The zero-order valence-corrected chi connectivity index (χ0v) is 10.2. The zero-order valence-electron chi connectivity index (χ0n) is 9.37. The summed E-state index contributed by atoms with van der Waals surface area (Å²) >= 11 is 1.81. The lowest BCUT2D eigenvalue weighted by Gasteiger charge is -2.10. The van der Waals surface area contributed by atoms with E-state index in [1.54, 1.807) is 0 Å². The van der Waals surface area contributed by atoms with Gasteiger partial charge in [-0.3, -0.25) is 4.99 Å². The van der Waals surface area contributed by atoms with Gasteiger partial charge in [0.05, 0.1) is 6.54 Å². The molecule has 0 fully saturated rings. The summed E-state index contributed by atoms with van der Waals surface area (Å²) in [7, 11) is 0. The molecule has 0 saturated carbocycles. The molecule has 1 aromatic carbocycles. The number of hydrogen-bond donors (Lipinski definition) is 1. The first-order chi connectivity index (χ1) is 7.16. The van der Waals surface area contributed by atoms with Crippen molar-refractivity contribution in [3.8, 4) is 0 Å². The molecule has 15 heavy (non-hydrogen) atoms. The largest absolute Gasteiger partial charge is 0.335 e. The fourth-order valence-electron chi connectivity index (χ4n) is 1.55. The highest BCUT2D eigenvalue weighted by Gasteiger charge is 2.15. The molecule has 0 radical (unpaired) electrons. The van der Waals surface area contributed by atoms with Crippen molar-refractivity contribution in [1.29, 1.82) is 0 Å². The Hall–Kier alpha value is -0.960. The maximum Gasteiger partial charge on any atom is 0.161 e. The molecule has 2 rings (SSSR count). The second kappa shape index (κ2) is 4.27. The van der Waals surface area contributed by atoms with E-state index in [0.717, 1.165) is 11.7 Å². The maximum atomic E-state index is 4.45. The summed E-state index contributed by atoms with van der Waals surface area (Å²) in [4.78, 5) is 4.45. The van der Waals surface area contributed by atoms with E-state index < -0.39 is 0 Å². The lowest BCUT2D eigenvalue weighted by Crippen LogP contribution is -2.07. The summed E-state index contributed by atoms with van der Waals surface area (Å²) in [6.45, 7) is 7.40. The van der Waals surface area contributed by atoms with Gasteiger partial charge in [-0.1, -0.05) is 30.8 Å². The number of hydrogen-bond acceptors (Lipinski definition) is 3. The number of nitrogens with one attached hydrogen (secondary N) is 1. The van der Waals surface area contributed by atoms with Crippen molar-refractivity contribution in [2.75, 3.05) is 11.9 Å². The van der Waals surface area contributed by atoms with E-state index in [9.17, 15) is 0 Å². The van der Waals surface area contributed by atoms with Crippen LogP contribution < -0.4 is 5.32 Å². The zero-order chi connectivity index (χ0) is 10.8. The van der Waals surface area contributed by atoms with Crippen LogP contribution in [0.2, 0.25) is 0 Å². The molecule has 1 aliphatic rings. The van der Waals surface area contributed by atoms with E-state index in [2.05, 4.69) is 49.3 Å². The fraction of sp³-hybridized carbons (Fsp3) is 0.417. The Labute approximate surface area is 95.2 Å². The summed E-state index contributed by atoms with van der Waals surface area (Å²) in [5.74, 6) is 0. The predicted molar refractivity (Wildman–Crippen MR) is 68.9 cm³/mol. The van der Waals surface area contributed by atoms with Crippen molar-refractivity contribution in [3.05, 3.63) is 29.3 Å². The molecule has 1 aliphatic heterocycles. The molecule has 1 aromatic rings. The van der Waals surface area contributed by atoms with Crippen LogP contribution in [0.3, 0.4) is 0 Å². The Morgan fingerprint density at radius 3 is 2.87 bits per heavy atom. The monoisotopic (exact) mass is 220 g/mol. The molecule has 2 nitrogen and oxygen atoms in total. The lowest BCUT2D eigenvalue weighted by molar-refractivity contribution is 0.976. The van der Waals surface area contributed by atoms with Gasteiger partial charge in [0.2, 0.25) is 0 Å². The summed E-state index contributed by atoms with van der Waals surface area (Å²) in [5.41, 5.74) is 3.80. The first kappa shape index (κ1) is 10.6. The molecular formula is C12H16N2S. The van der Waals surface area contributed by atoms with Crippen LogP contribution >= 0.6 is 11.8 Å². The van der Waals surface area contributed by atoms with Gasteiger partial charge in [-0.2, -0.15) is 0 Å². The molecule has 1 atom stereocenters. The maximum absolute atomic E-state index is 4.45. The number of thioether (sulfide) groups is 1. The van der Waals surface area contributed by atoms with Gasteiger partial charge in [0.25, 0.3) is 0 Å². The molecule has 0 aromatic heterocycles. The van der Waals surface area contributed by atoms with Crippen molar-refractivity contribution in [2.24, 2.45) is 4.99 Å². The molecule has 80 valence electrons. The summed E-state index contributed by atoms with van der Waals surface area (Å²) in [5, 5.41) is 5.05. The van der Waals surface area contributed by atoms with E-state index >= 15 is 0 Å². The van der Waals surface area contributed by atoms with Crippen LogP contribution in [0.5, 0.6) is 0 Å². The average Bonchev–Trinajstić information content (AvgIpc) is 2.59. The van der Waals surface area contributed by atoms with Crippen LogP contribution in [0.1, 0.15) is 18.1 Å². The first-order valence-electron chi connectivity index (χ1n) is 5.21. The number of anilines is 1. The van der Waals surface area contributed by atoms with E-state index in [0.29, 0.717) is 5.25 Å². The van der Waals surface area contributed by atoms with Gasteiger partial charge < -0.3 is 5.32 Å². The highest BCUT2D eigenvalue weighted by atomic mass is 32.2. The summed E-state index contributed by atoms with van der Waals surface area (Å²) in [6.07, 6.45) is 0. The molecule has 0 spiro atoms. The molecule has 1 heterocycles. The Morgan fingerprint density at radius 2 is 2.20 bits per heavy atom. The molecule has 0 aliphatic carbocycles. The quantitative estimate of drug-likeness (QED) is 0.786. The summed E-state index contributed by atoms with van der Waals surface area (Å²) in [6, 6.07) is 6.31. The highest BCUT2D eigenvalue weighted by molar-refractivity contribution is 8.15. The number of benzene rings is 1. The third-order valence-electron chi connectivity index (χ3n) is 2.65. The van der Waals surface area contributed by atoms with Crippen LogP contribution in [0.25, 0.3) is 0 Å². The molecule has 0 amide bonds. The molecule has 0 unspecified atom stereocenters. The van der Waals surface area contributed by atoms with Crippen LogP contribution in [0.15, 0.2) is 23.2 Å². The number of rotatable bonds is 1. The van der Waals surface area contributed by atoms with Crippen molar-refractivity contribution < 1.29 is 0 Å². The van der Waals surface area contributed by atoms with Crippen LogP contribution in [0, 0.1) is 13.8 Å². The standard InChI is InChI=1S/C12H16N2S/c1-8-5-4-6-11(10(8)3)14-12-13-7-9(2)15-12/h4-6,9H,7H2,1-3H3,(H,13,14)/t9-/m0/s1. The third-order valence-corrected chi connectivity index (χ3v) is 3.66. The van der Waals surface area contributed by atoms with Crippen LogP contribution in [0.4, 0.5) is 5.69 Å². The second-order valence-corrected chi connectivity index (χ2v) is 5.37. The second-order valence-electron chi connectivity index (χ2n) is 3.95. The fourth-order valence-corrected chi connectivity index (χ4v) is 2.40. The Bertz CT molecular complexity index is 399. The van der Waals surface area contributed by atoms with E-state index in [-0.39, 0.29) is 0 Å². The smallest absolute Gasteiger partial charge is 0.161 e. The molecule has 0 saturated heterocycles. The van der Waals surface area contributed by atoms with Gasteiger partial charge in [0.15, 0.2) is 5.17 Å². The summed E-state index contributed by atoms with van der Waals surface area (Å²) < 4.78 is 0. The number of amidine groups is 1. The highest BCUT2D eigenvalue weighted by Crippen LogP contribution is 2.24. The van der Waals surface area contributed by atoms with E-state index in [1.165, 1.54) is 16.8 Å². The van der Waals surface area contributed by atoms with Gasteiger partial charge in [-0.15, -0.1) is 0 Å².